The van der Waals surface area contributed by atoms with Gasteiger partial charge in [0.2, 0.25) is 5.88 Å². The lowest BCUT2D eigenvalue weighted by molar-refractivity contribution is 0.427. The van der Waals surface area contributed by atoms with Gasteiger partial charge in [-0.05, 0) is 25.5 Å². The second kappa shape index (κ2) is 4.39. The third-order valence-electron chi connectivity index (χ3n) is 2.66. The topological polar surface area (TPSA) is 38.0 Å². The predicted octanol–water partition coefficient (Wildman–Crippen LogP) is 2.84. The van der Waals surface area contributed by atoms with Gasteiger partial charge in [0, 0.05) is 5.56 Å². The normalized spacial score (nSPS) is 10.6. The van der Waals surface area contributed by atoms with E-state index in [4.69, 9.17) is 0 Å². The monoisotopic (exact) mass is 216 g/mol. The van der Waals surface area contributed by atoms with Crippen LogP contribution in [-0.2, 0) is 6.42 Å². The van der Waals surface area contributed by atoms with Gasteiger partial charge in [-0.15, -0.1) is 0 Å². The summed E-state index contributed by atoms with van der Waals surface area (Å²) in [4.78, 5) is 0. The fraction of sp³-hybridized carbons (Fsp3) is 0.308. The molecule has 16 heavy (non-hydrogen) atoms. The van der Waals surface area contributed by atoms with E-state index in [2.05, 4.69) is 12.0 Å². The van der Waals surface area contributed by atoms with Crippen LogP contribution in [0.15, 0.2) is 30.3 Å². The summed E-state index contributed by atoms with van der Waals surface area (Å²) in [6.07, 6.45) is 1.87. The molecule has 3 nitrogen and oxygen atoms in total. The molecular formula is C13H16N2O. The van der Waals surface area contributed by atoms with E-state index in [9.17, 15) is 5.11 Å². The van der Waals surface area contributed by atoms with Crippen LogP contribution >= 0.6 is 0 Å². The van der Waals surface area contributed by atoms with Crippen LogP contribution in [0.25, 0.3) is 5.69 Å². The van der Waals surface area contributed by atoms with Crippen molar-refractivity contribution in [2.75, 3.05) is 0 Å². The number of para-hydroxylation sites is 1. The minimum absolute atomic E-state index is 0.269. The molecule has 0 unspecified atom stereocenters. The highest BCUT2D eigenvalue weighted by molar-refractivity contribution is 5.40. The Hall–Kier alpha value is -1.77. The number of nitrogens with zero attached hydrogens (tertiary/aromatic N) is 2. The highest BCUT2D eigenvalue weighted by atomic mass is 16.3. The first-order chi connectivity index (χ1) is 7.74. The van der Waals surface area contributed by atoms with E-state index in [1.54, 1.807) is 4.68 Å². The van der Waals surface area contributed by atoms with Crippen molar-refractivity contribution >= 4 is 0 Å². The predicted molar refractivity (Wildman–Crippen MR) is 64.0 cm³/mol. The smallest absolute Gasteiger partial charge is 0.217 e. The van der Waals surface area contributed by atoms with Crippen LogP contribution < -0.4 is 0 Å². The van der Waals surface area contributed by atoms with Crippen molar-refractivity contribution in [3.05, 3.63) is 41.6 Å². The highest BCUT2D eigenvalue weighted by Crippen LogP contribution is 2.25. The lowest BCUT2D eigenvalue weighted by Gasteiger charge is -2.02. The Balaban J connectivity index is 2.47. The SMILES string of the molecule is CCCc1c(C)nn(-c2ccccc2)c1O. The van der Waals surface area contributed by atoms with Crippen molar-refractivity contribution in [1.29, 1.82) is 0 Å². The lowest BCUT2D eigenvalue weighted by Crippen LogP contribution is -1.95. The molecule has 0 fully saturated rings. The van der Waals surface area contributed by atoms with E-state index in [0.29, 0.717) is 0 Å². The summed E-state index contributed by atoms with van der Waals surface area (Å²) in [5, 5.41) is 14.5. The summed E-state index contributed by atoms with van der Waals surface area (Å²) in [7, 11) is 0. The molecule has 0 saturated carbocycles. The molecule has 0 aliphatic carbocycles. The zero-order valence-corrected chi connectivity index (χ0v) is 9.64. The van der Waals surface area contributed by atoms with Gasteiger partial charge in [-0.2, -0.15) is 5.10 Å². The Kier molecular flexibility index (Phi) is 2.95. The van der Waals surface area contributed by atoms with Crippen LogP contribution in [0.2, 0.25) is 0 Å². The van der Waals surface area contributed by atoms with Crippen molar-refractivity contribution in [3.8, 4) is 11.6 Å². The van der Waals surface area contributed by atoms with E-state index in [1.165, 1.54) is 0 Å². The highest BCUT2D eigenvalue weighted by Gasteiger charge is 2.13. The summed E-state index contributed by atoms with van der Waals surface area (Å²) in [5.41, 5.74) is 2.75. The van der Waals surface area contributed by atoms with Crippen LogP contribution in [0.1, 0.15) is 24.6 Å². The molecule has 1 N–H and O–H groups in total. The largest absolute Gasteiger partial charge is 0.493 e. The Morgan fingerprint density at radius 3 is 2.56 bits per heavy atom. The fourth-order valence-corrected chi connectivity index (χ4v) is 1.84. The summed E-state index contributed by atoms with van der Waals surface area (Å²) in [6.45, 7) is 4.03. The van der Waals surface area contributed by atoms with Crippen molar-refractivity contribution in [2.45, 2.75) is 26.7 Å². The van der Waals surface area contributed by atoms with E-state index in [-0.39, 0.29) is 5.88 Å². The van der Waals surface area contributed by atoms with E-state index in [0.717, 1.165) is 29.8 Å². The number of aryl methyl sites for hydroxylation is 1. The lowest BCUT2D eigenvalue weighted by atomic mass is 10.1. The van der Waals surface area contributed by atoms with Crippen LogP contribution in [-0.4, -0.2) is 14.9 Å². The molecule has 0 aliphatic heterocycles. The Morgan fingerprint density at radius 2 is 1.94 bits per heavy atom. The number of aromatic nitrogens is 2. The van der Waals surface area contributed by atoms with E-state index >= 15 is 0 Å². The number of benzene rings is 1. The summed E-state index contributed by atoms with van der Waals surface area (Å²) in [6, 6.07) is 9.68. The fourth-order valence-electron chi connectivity index (χ4n) is 1.84. The molecule has 0 bridgehead atoms. The average molecular weight is 216 g/mol. The molecule has 0 radical (unpaired) electrons. The molecule has 1 aromatic carbocycles. The third-order valence-corrected chi connectivity index (χ3v) is 2.66. The molecule has 0 atom stereocenters. The Labute approximate surface area is 95.3 Å². The number of aromatic hydroxyl groups is 1. The molecule has 0 spiro atoms. The van der Waals surface area contributed by atoms with Crippen LogP contribution in [0.3, 0.4) is 0 Å². The summed E-state index contributed by atoms with van der Waals surface area (Å²) in [5.74, 6) is 0.269. The van der Waals surface area contributed by atoms with Gasteiger partial charge in [-0.25, -0.2) is 4.68 Å². The minimum Gasteiger partial charge on any atom is -0.493 e. The summed E-state index contributed by atoms with van der Waals surface area (Å²) >= 11 is 0. The molecule has 2 aromatic rings. The standard InChI is InChI=1S/C13H16N2O/c1-3-7-12-10(2)14-15(13(12)16)11-8-5-4-6-9-11/h4-6,8-9,16H,3,7H2,1-2H3. The van der Waals surface area contributed by atoms with Crippen molar-refractivity contribution < 1.29 is 5.11 Å². The quantitative estimate of drug-likeness (QED) is 0.856. The first-order valence-corrected chi connectivity index (χ1v) is 5.57. The second-order valence-electron chi connectivity index (χ2n) is 3.88. The average Bonchev–Trinajstić information content (AvgIpc) is 2.59. The molecule has 2 rings (SSSR count). The van der Waals surface area contributed by atoms with Gasteiger partial charge in [0.25, 0.3) is 0 Å². The first-order valence-electron chi connectivity index (χ1n) is 5.57. The number of rotatable bonds is 3. The van der Waals surface area contributed by atoms with Crippen molar-refractivity contribution in [1.82, 2.24) is 9.78 Å². The third kappa shape index (κ3) is 1.81. The van der Waals surface area contributed by atoms with E-state index < -0.39 is 0 Å². The molecule has 1 aromatic heterocycles. The Morgan fingerprint density at radius 1 is 1.25 bits per heavy atom. The first kappa shape index (κ1) is 10.7. The molecule has 0 amide bonds. The second-order valence-corrected chi connectivity index (χ2v) is 3.88. The van der Waals surface area contributed by atoms with Crippen LogP contribution in [0.5, 0.6) is 5.88 Å². The molecular weight excluding hydrogens is 200 g/mol. The molecule has 0 saturated heterocycles. The maximum Gasteiger partial charge on any atom is 0.217 e. The van der Waals surface area contributed by atoms with Crippen LogP contribution in [0, 0.1) is 6.92 Å². The zero-order valence-electron chi connectivity index (χ0n) is 9.64. The van der Waals surface area contributed by atoms with Crippen molar-refractivity contribution in [3.63, 3.8) is 0 Å². The molecule has 0 aliphatic rings. The van der Waals surface area contributed by atoms with Gasteiger partial charge in [0.1, 0.15) is 0 Å². The van der Waals surface area contributed by atoms with Crippen molar-refractivity contribution in [2.24, 2.45) is 0 Å². The van der Waals surface area contributed by atoms with Gasteiger partial charge in [-0.3, -0.25) is 0 Å². The summed E-state index contributed by atoms with van der Waals surface area (Å²) < 4.78 is 1.60. The van der Waals surface area contributed by atoms with Gasteiger partial charge in [0.15, 0.2) is 0 Å². The molecule has 1 heterocycles. The Bertz CT molecular complexity index is 474. The van der Waals surface area contributed by atoms with Gasteiger partial charge >= 0.3 is 0 Å². The molecule has 84 valence electrons. The van der Waals surface area contributed by atoms with E-state index in [1.807, 2.05) is 37.3 Å². The van der Waals surface area contributed by atoms with Crippen LogP contribution in [0.4, 0.5) is 0 Å². The van der Waals surface area contributed by atoms with Gasteiger partial charge < -0.3 is 5.11 Å². The number of hydrogen-bond acceptors (Lipinski definition) is 2. The minimum atomic E-state index is 0.269. The molecule has 3 heteroatoms. The van der Waals surface area contributed by atoms with Gasteiger partial charge in [0.05, 0.1) is 11.4 Å². The maximum absolute atomic E-state index is 10.1. The zero-order chi connectivity index (χ0) is 11.5. The number of hydrogen-bond donors (Lipinski definition) is 1. The van der Waals surface area contributed by atoms with Gasteiger partial charge in [-0.1, -0.05) is 31.5 Å². The maximum atomic E-state index is 10.1.